The number of anilines is 1. The summed E-state index contributed by atoms with van der Waals surface area (Å²) < 4.78 is 39.1. The molecule has 1 saturated heterocycles. The SMILES string of the molecule is O=C(Nc1ccc([N+](=O)[O-])c(C(F)(F)F)c1)N1C[C@@H]2CCC[C@@]2(C(=O)O)C1. The van der Waals surface area contributed by atoms with Gasteiger partial charge < -0.3 is 15.3 Å². The zero-order valence-corrected chi connectivity index (χ0v) is 14.0. The summed E-state index contributed by atoms with van der Waals surface area (Å²) in [5.41, 5.74) is -3.84. The largest absolute Gasteiger partial charge is 0.481 e. The Morgan fingerprint density at radius 1 is 1.37 bits per heavy atom. The smallest absolute Gasteiger partial charge is 0.423 e. The van der Waals surface area contributed by atoms with Crippen LogP contribution in [0.5, 0.6) is 0 Å². The Labute approximate surface area is 151 Å². The third-order valence-corrected chi connectivity index (χ3v) is 5.33. The number of nitro groups is 1. The number of nitrogens with one attached hydrogen (secondary N) is 1. The third kappa shape index (κ3) is 3.28. The Balaban J connectivity index is 1.79. The molecule has 0 aromatic heterocycles. The predicted octanol–water partition coefficient (Wildman–Crippen LogP) is 3.33. The lowest BCUT2D eigenvalue weighted by atomic mass is 9.81. The van der Waals surface area contributed by atoms with E-state index in [1.807, 2.05) is 0 Å². The molecule has 2 N–H and O–H groups in total. The molecule has 1 aliphatic carbocycles. The molecule has 2 atom stereocenters. The van der Waals surface area contributed by atoms with Gasteiger partial charge in [-0.2, -0.15) is 13.2 Å². The van der Waals surface area contributed by atoms with Crippen LogP contribution < -0.4 is 5.32 Å². The molecule has 0 radical (unpaired) electrons. The van der Waals surface area contributed by atoms with E-state index < -0.39 is 39.8 Å². The van der Waals surface area contributed by atoms with E-state index in [9.17, 15) is 38.0 Å². The Hall–Kier alpha value is -2.85. The molecule has 3 rings (SSSR count). The quantitative estimate of drug-likeness (QED) is 0.610. The number of rotatable bonds is 3. The van der Waals surface area contributed by atoms with E-state index in [-0.39, 0.29) is 24.7 Å². The molecule has 146 valence electrons. The summed E-state index contributed by atoms with van der Waals surface area (Å²) in [4.78, 5) is 34.9. The molecule has 2 amide bonds. The number of carbonyl (C=O) groups is 2. The number of benzene rings is 1. The number of alkyl halides is 3. The van der Waals surface area contributed by atoms with Crippen LogP contribution in [0, 0.1) is 21.4 Å². The fourth-order valence-electron chi connectivity index (χ4n) is 4.00. The van der Waals surface area contributed by atoms with Gasteiger partial charge in [-0.15, -0.1) is 0 Å². The lowest BCUT2D eigenvalue weighted by Crippen LogP contribution is -2.38. The number of carboxylic acids is 1. The molecule has 0 spiro atoms. The van der Waals surface area contributed by atoms with Gasteiger partial charge >= 0.3 is 18.2 Å². The lowest BCUT2D eigenvalue weighted by molar-refractivity contribution is -0.388. The Morgan fingerprint density at radius 2 is 2.07 bits per heavy atom. The van der Waals surface area contributed by atoms with Gasteiger partial charge in [-0.25, -0.2) is 4.79 Å². The molecule has 2 aliphatic rings. The van der Waals surface area contributed by atoms with Gasteiger partial charge in [0.2, 0.25) is 0 Å². The monoisotopic (exact) mass is 387 g/mol. The average molecular weight is 387 g/mol. The van der Waals surface area contributed by atoms with Crippen molar-refractivity contribution < 1.29 is 32.8 Å². The van der Waals surface area contributed by atoms with Crippen LogP contribution in [0.1, 0.15) is 24.8 Å². The van der Waals surface area contributed by atoms with Gasteiger partial charge in [0, 0.05) is 24.8 Å². The van der Waals surface area contributed by atoms with Crippen LogP contribution in [-0.2, 0) is 11.0 Å². The summed E-state index contributed by atoms with van der Waals surface area (Å²) >= 11 is 0. The van der Waals surface area contributed by atoms with E-state index in [2.05, 4.69) is 5.32 Å². The minimum absolute atomic E-state index is 0.0159. The molecule has 27 heavy (non-hydrogen) atoms. The highest BCUT2D eigenvalue weighted by Crippen LogP contribution is 2.49. The van der Waals surface area contributed by atoms with Crippen molar-refractivity contribution >= 4 is 23.4 Å². The molecule has 1 saturated carbocycles. The summed E-state index contributed by atoms with van der Waals surface area (Å²) in [5, 5.41) is 22.6. The van der Waals surface area contributed by atoms with E-state index >= 15 is 0 Å². The Bertz CT molecular complexity index is 813. The van der Waals surface area contributed by atoms with E-state index in [0.29, 0.717) is 25.0 Å². The number of nitro benzene ring substituents is 1. The van der Waals surface area contributed by atoms with Crippen LogP contribution in [0.3, 0.4) is 0 Å². The highest BCUT2D eigenvalue weighted by Gasteiger charge is 2.55. The van der Waals surface area contributed by atoms with Crippen molar-refractivity contribution in [3.63, 3.8) is 0 Å². The van der Waals surface area contributed by atoms with Gasteiger partial charge in [0.15, 0.2) is 0 Å². The second-order valence-electron chi connectivity index (χ2n) is 6.85. The third-order valence-electron chi connectivity index (χ3n) is 5.33. The summed E-state index contributed by atoms with van der Waals surface area (Å²) in [5.74, 6) is -1.17. The minimum Gasteiger partial charge on any atom is -0.481 e. The van der Waals surface area contributed by atoms with Crippen molar-refractivity contribution in [2.24, 2.45) is 11.3 Å². The van der Waals surface area contributed by atoms with Gasteiger partial charge in [-0.3, -0.25) is 14.9 Å². The number of fused-ring (bicyclic) bond motifs is 1. The first kappa shape index (κ1) is 18.9. The normalized spacial score (nSPS) is 24.6. The second-order valence-corrected chi connectivity index (χ2v) is 6.85. The molecular formula is C16H16F3N3O5. The zero-order chi connectivity index (χ0) is 20.0. The number of carboxylic acid groups (broad SMARTS) is 1. The molecule has 0 bridgehead atoms. The van der Waals surface area contributed by atoms with Gasteiger partial charge in [0.25, 0.3) is 5.69 Å². The fraction of sp³-hybridized carbons (Fsp3) is 0.500. The van der Waals surface area contributed by atoms with Gasteiger partial charge in [-0.1, -0.05) is 6.42 Å². The van der Waals surface area contributed by atoms with Crippen molar-refractivity contribution in [3.8, 4) is 0 Å². The van der Waals surface area contributed by atoms with Crippen LogP contribution in [0.15, 0.2) is 18.2 Å². The molecule has 1 aromatic rings. The van der Waals surface area contributed by atoms with Crippen molar-refractivity contribution in [2.45, 2.75) is 25.4 Å². The van der Waals surface area contributed by atoms with Gasteiger partial charge in [0.05, 0.1) is 10.3 Å². The number of aliphatic carboxylic acids is 1. The van der Waals surface area contributed by atoms with Crippen LogP contribution in [-0.4, -0.2) is 40.0 Å². The summed E-state index contributed by atoms with van der Waals surface area (Å²) in [7, 11) is 0. The first-order valence-corrected chi connectivity index (χ1v) is 8.19. The first-order chi connectivity index (χ1) is 12.5. The summed E-state index contributed by atoms with van der Waals surface area (Å²) in [6.07, 6.45) is -3.08. The number of likely N-dealkylation sites (tertiary alicyclic amines) is 1. The van der Waals surface area contributed by atoms with E-state index in [4.69, 9.17) is 0 Å². The van der Waals surface area contributed by atoms with Crippen LogP contribution >= 0.6 is 0 Å². The average Bonchev–Trinajstić information content (AvgIpc) is 3.12. The molecule has 0 unspecified atom stereocenters. The molecule has 1 heterocycles. The molecular weight excluding hydrogens is 371 g/mol. The van der Waals surface area contributed by atoms with Crippen molar-refractivity contribution in [3.05, 3.63) is 33.9 Å². The molecule has 8 nitrogen and oxygen atoms in total. The molecule has 1 aliphatic heterocycles. The van der Waals surface area contributed by atoms with Crippen molar-refractivity contribution in [2.75, 3.05) is 18.4 Å². The number of amides is 2. The second kappa shape index (κ2) is 6.39. The number of hydrogen-bond acceptors (Lipinski definition) is 4. The topological polar surface area (TPSA) is 113 Å². The van der Waals surface area contributed by atoms with E-state index in [1.165, 1.54) is 4.90 Å². The summed E-state index contributed by atoms with van der Waals surface area (Å²) in [6.45, 7) is 0.190. The zero-order valence-electron chi connectivity index (χ0n) is 14.0. The molecule has 2 fully saturated rings. The van der Waals surface area contributed by atoms with E-state index in [0.717, 1.165) is 12.5 Å². The number of halogens is 3. The van der Waals surface area contributed by atoms with E-state index in [1.54, 1.807) is 0 Å². The van der Waals surface area contributed by atoms with Crippen molar-refractivity contribution in [1.82, 2.24) is 4.90 Å². The minimum atomic E-state index is -4.96. The maximum Gasteiger partial charge on any atom is 0.423 e. The maximum absolute atomic E-state index is 13.0. The molecule has 1 aromatic carbocycles. The van der Waals surface area contributed by atoms with Crippen LogP contribution in [0.2, 0.25) is 0 Å². The Kier molecular flexibility index (Phi) is 4.48. The predicted molar refractivity (Wildman–Crippen MR) is 86.1 cm³/mol. The lowest BCUT2D eigenvalue weighted by Gasteiger charge is -2.23. The first-order valence-electron chi connectivity index (χ1n) is 8.19. The Morgan fingerprint density at radius 3 is 2.63 bits per heavy atom. The fourth-order valence-corrected chi connectivity index (χ4v) is 4.00. The van der Waals surface area contributed by atoms with Crippen LogP contribution in [0.4, 0.5) is 29.3 Å². The van der Waals surface area contributed by atoms with Crippen LogP contribution in [0.25, 0.3) is 0 Å². The van der Waals surface area contributed by atoms with Gasteiger partial charge in [0.1, 0.15) is 5.56 Å². The number of urea groups is 1. The number of nitrogens with zero attached hydrogens (tertiary/aromatic N) is 2. The highest BCUT2D eigenvalue weighted by molar-refractivity contribution is 5.91. The maximum atomic E-state index is 13.0. The van der Waals surface area contributed by atoms with Gasteiger partial charge in [-0.05, 0) is 30.9 Å². The number of carbonyl (C=O) groups excluding carboxylic acids is 1. The summed E-state index contributed by atoms with van der Waals surface area (Å²) in [6, 6.07) is 1.46. The molecule has 11 heteroatoms. The standard InChI is InChI=1S/C16H16F3N3O5/c17-16(18,19)11-6-10(3-4-12(11)22(26)27)20-14(25)21-7-9-2-1-5-15(9,8-21)13(23)24/h3-4,6,9H,1-2,5,7-8H2,(H,20,25)(H,23,24)/t9-,15+/m0/s1. The van der Waals surface area contributed by atoms with Crippen molar-refractivity contribution in [1.29, 1.82) is 0 Å². The number of hydrogen-bond donors (Lipinski definition) is 2. The highest BCUT2D eigenvalue weighted by atomic mass is 19.4.